The summed E-state index contributed by atoms with van der Waals surface area (Å²) in [5.74, 6) is 1.63. The molecule has 5 aromatic heterocycles. The van der Waals surface area contributed by atoms with Crippen LogP contribution in [0, 0.1) is 35.8 Å². The molecule has 53 heavy (non-hydrogen) atoms. The summed E-state index contributed by atoms with van der Waals surface area (Å²) < 4.78 is 17.7. The SMILES string of the molecule is [C-]#[N+]/C(C#N)=C\c1cc(OC)c(C2=Cc3sc4c(sc5c6c(sc54)C=C(c4sc(/C=C(\C#N)[N+]#[C-])cc4OC)C64CCCCC4)c3C23CCCCC3)s1. The van der Waals surface area contributed by atoms with Gasteiger partial charge >= 0.3 is 0 Å². The van der Waals surface area contributed by atoms with Crippen LogP contribution in [-0.4, -0.2) is 14.2 Å². The maximum atomic E-state index is 9.45. The minimum Gasteiger partial charge on any atom is -0.495 e. The maximum Gasteiger partial charge on any atom is 0.263 e. The van der Waals surface area contributed by atoms with Crippen molar-refractivity contribution in [1.29, 1.82) is 10.5 Å². The van der Waals surface area contributed by atoms with Gasteiger partial charge in [-0.05, 0) is 84.4 Å². The molecule has 0 radical (unpaired) electrons. The van der Waals surface area contributed by atoms with Gasteiger partial charge in [0, 0.05) is 30.3 Å². The molecule has 2 fully saturated rings. The van der Waals surface area contributed by atoms with Crippen LogP contribution in [0.2, 0.25) is 0 Å². The van der Waals surface area contributed by atoms with Gasteiger partial charge in [0.05, 0.1) is 68.1 Å². The summed E-state index contributed by atoms with van der Waals surface area (Å²) in [5, 5.41) is 18.9. The van der Waals surface area contributed by atoms with Gasteiger partial charge in [0.25, 0.3) is 11.4 Å². The molecule has 0 aromatic carbocycles. The first-order valence-corrected chi connectivity index (χ1v) is 21.8. The van der Waals surface area contributed by atoms with Gasteiger partial charge in [-0.25, -0.2) is 20.2 Å². The number of methoxy groups -OCH3 is 2. The Labute approximate surface area is 328 Å². The van der Waals surface area contributed by atoms with E-state index in [1.165, 1.54) is 89.4 Å². The van der Waals surface area contributed by atoms with Gasteiger partial charge in [-0.3, -0.25) is 0 Å². The van der Waals surface area contributed by atoms with Gasteiger partial charge in [0.2, 0.25) is 0 Å². The van der Waals surface area contributed by atoms with Crippen molar-refractivity contribution in [2.24, 2.45) is 0 Å². The van der Waals surface area contributed by atoms with E-state index < -0.39 is 0 Å². The third kappa shape index (κ3) is 5.06. The van der Waals surface area contributed by atoms with Gasteiger partial charge < -0.3 is 9.47 Å². The molecular formula is C42H32N4O2S5. The minimum atomic E-state index is -0.0905. The first kappa shape index (κ1) is 34.3. The van der Waals surface area contributed by atoms with Crippen LogP contribution in [0.5, 0.6) is 11.5 Å². The standard InChI is InChI=1S/C42H32N4O2S5/c1-45-23(21-43)15-25-17-29(47-3)35(49-25)27-19-31-33(41(27)11-7-5-8-12-41)37-39(51-31)40-38(53-37)34-32(52-40)20-28(42(34)13-9-6-10-14-42)36-30(48-4)18-26(50-36)16-24(22-44)46-2/h15-20H,5-14H2,3-4H3/b23-15-,24-16+. The number of nitrogens with zero attached hydrogens (tertiary/aromatic N) is 4. The number of hydrogen-bond acceptors (Lipinski definition) is 9. The Balaban J connectivity index is 1.20. The second-order valence-corrected chi connectivity index (χ2v) is 19.4. The Morgan fingerprint density at radius 3 is 1.42 bits per heavy atom. The van der Waals surface area contributed by atoms with Crippen LogP contribution < -0.4 is 9.47 Å². The third-order valence-electron chi connectivity index (χ3n) is 11.5. The average molecular weight is 785 g/mol. The Bertz CT molecular complexity index is 2450. The zero-order valence-corrected chi connectivity index (χ0v) is 33.3. The van der Waals surface area contributed by atoms with E-state index in [0.717, 1.165) is 56.7 Å². The molecule has 5 heterocycles. The highest BCUT2D eigenvalue weighted by Crippen LogP contribution is 2.66. The first-order chi connectivity index (χ1) is 25.9. The fourth-order valence-corrected chi connectivity index (χ4v) is 16.5. The molecule has 11 heteroatoms. The summed E-state index contributed by atoms with van der Waals surface area (Å²) in [5.41, 5.74) is 5.67. The van der Waals surface area contributed by atoms with Crippen LogP contribution in [-0.2, 0) is 10.8 Å². The largest absolute Gasteiger partial charge is 0.495 e. The Hall–Kier alpha value is -4.46. The molecule has 2 spiro atoms. The predicted octanol–water partition coefficient (Wildman–Crippen LogP) is 13.4. The Kier molecular flexibility index (Phi) is 8.50. The number of thiophene rings is 5. The van der Waals surface area contributed by atoms with Crippen LogP contribution in [0.4, 0.5) is 0 Å². The van der Waals surface area contributed by atoms with Crippen molar-refractivity contribution >= 4 is 111 Å². The molecule has 6 nitrogen and oxygen atoms in total. The Morgan fingerprint density at radius 1 is 0.642 bits per heavy atom. The smallest absolute Gasteiger partial charge is 0.263 e. The zero-order valence-electron chi connectivity index (χ0n) is 29.2. The van der Waals surface area contributed by atoms with E-state index in [-0.39, 0.29) is 22.2 Å². The Morgan fingerprint density at radius 2 is 1.06 bits per heavy atom. The van der Waals surface area contributed by atoms with Crippen molar-refractivity contribution in [2.75, 3.05) is 14.2 Å². The van der Waals surface area contributed by atoms with Crippen LogP contribution in [0.3, 0.4) is 0 Å². The summed E-state index contributed by atoms with van der Waals surface area (Å²) >= 11 is 9.18. The lowest BCUT2D eigenvalue weighted by molar-refractivity contribution is 0.373. The molecule has 0 aliphatic heterocycles. The summed E-state index contributed by atoms with van der Waals surface area (Å²) in [6.07, 6.45) is 19.9. The summed E-state index contributed by atoms with van der Waals surface area (Å²) in [6, 6.07) is 7.99. The van der Waals surface area contributed by atoms with E-state index in [4.69, 9.17) is 22.6 Å². The topological polar surface area (TPSA) is 74.8 Å². The van der Waals surface area contributed by atoms with Gasteiger partial charge in [0.1, 0.15) is 11.5 Å². The molecule has 0 N–H and O–H groups in total. The summed E-state index contributed by atoms with van der Waals surface area (Å²) in [7, 11) is 3.43. The van der Waals surface area contributed by atoms with Gasteiger partial charge in [-0.1, -0.05) is 38.5 Å². The number of nitriles is 2. The van der Waals surface area contributed by atoms with Gasteiger partial charge in [-0.2, -0.15) is 0 Å². The number of ether oxygens (including phenoxy) is 2. The second-order valence-electron chi connectivity index (χ2n) is 14.1. The van der Waals surface area contributed by atoms with Crippen LogP contribution in [0.15, 0.2) is 23.5 Å². The van der Waals surface area contributed by atoms with Crippen LogP contribution >= 0.6 is 56.7 Å². The highest BCUT2D eigenvalue weighted by Gasteiger charge is 2.50. The van der Waals surface area contributed by atoms with Crippen molar-refractivity contribution in [3.8, 4) is 23.6 Å². The number of hydrogen-bond donors (Lipinski definition) is 0. The quantitative estimate of drug-likeness (QED) is 0.127. The van der Waals surface area contributed by atoms with Crippen LogP contribution in [0.25, 0.3) is 63.9 Å². The van der Waals surface area contributed by atoms with Crippen molar-refractivity contribution in [3.05, 3.63) is 86.8 Å². The van der Waals surface area contributed by atoms with Crippen molar-refractivity contribution in [2.45, 2.75) is 75.0 Å². The molecule has 4 aliphatic rings. The predicted molar refractivity (Wildman–Crippen MR) is 222 cm³/mol. The van der Waals surface area contributed by atoms with E-state index in [9.17, 15) is 10.5 Å². The molecule has 0 amide bonds. The number of allylic oxidation sites excluding steroid dienone is 4. The minimum absolute atomic E-state index is 0.0802. The fourth-order valence-electron chi connectivity index (χ4n) is 9.35. The second kappa shape index (κ2) is 13.1. The van der Waals surface area contributed by atoms with Gasteiger partial charge in [-0.15, -0.1) is 56.7 Å². The van der Waals surface area contributed by atoms with Gasteiger partial charge in [0.15, 0.2) is 0 Å². The lowest BCUT2D eigenvalue weighted by Gasteiger charge is -2.37. The molecule has 262 valence electrons. The molecule has 0 saturated heterocycles. The fraction of sp³-hybridized carbons (Fsp3) is 0.333. The van der Waals surface area contributed by atoms with E-state index in [1.807, 2.05) is 58.3 Å². The van der Waals surface area contributed by atoms with E-state index in [1.54, 1.807) is 49.0 Å². The lowest BCUT2D eigenvalue weighted by atomic mass is 9.67. The summed E-state index contributed by atoms with van der Waals surface area (Å²) in [4.78, 5) is 13.5. The lowest BCUT2D eigenvalue weighted by Crippen LogP contribution is -2.28. The monoisotopic (exact) mass is 784 g/mol. The van der Waals surface area contributed by atoms with Crippen molar-refractivity contribution in [3.63, 3.8) is 0 Å². The zero-order chi connectivity index (χ0) is 36.5. The normalized spacial score (nSPS) is 18.7. The van der Waals surface area contributed by atoms with Crippen molar-refractivity contribution < 1.29 is 9.47 Å². The molecule has 0 bridgehead atoms. The molecule has 0 atom stereocenters. The van der Waals surface area contributed by atoms with E-state index in [0.29, 0.717) is 0 Å². The summed E-state index contributed by atoms with van der Waals surface area (Å²) in [6.45, 7) is 14.8. The number of rotatable bonds is 6. The average Bonchev–Trinajstić information content (AvgIpc) is 4.04. The molecule has 0 unspecified atom stereocenters. The van der Waals surface area contributed by atoms with Crippen molar-refractivity contribution in [1.82, 2.24) is 0 Å². The molecule has 4 aliphatic carbocycles. The highest BCUT2D eigenvalue weighted by molar-refractivity contribution is 7.39. The highest BCUT2D eigenvalue weighted by atomic mass is 32.1. The molecule has 9 rings (SSSR count). The maximum absolute atomic E-state index is 9.45. The molecular weight excluding hydrogens is 753 g/mol. The third-order valence-corrected chi connectivity index (χ3v) is 17.7. The number of fused-ring (bicyclic) bond motifs is 9. The van der Waals surface area contributed by atoms with E-state index >= 15 is 0 Å². The molecule has 5 aromatic rings. The van der Waals surface area contributed by atoms with Crippen LogP contribution in [0.1, 0.15) is 105 Å². The van der Waals surface area contributed by atoms with E-state index in [2.05, 4.69) is 21.8 Å². The molecule has 2 saturated carbocycles. The first-order valence-electron chi connectivity index (χ1n) is 17.7.